The molecule has 136 valence electrons. The second-order valence-electron chi connectivity index (χ2n) is 5.96. The van der Waals surface area contributed by atoms with Gasteiger partial charge in [-0.1, -0.05) is 29.5 Å². The van der Waals surface area contributed by atoms with E-state index in [9.17, 15) is 8.42 Å². The van der Waals surface area contributed by atoms with Gasteiger partial charge in [-0.3, -0.25) is 0 Å². The third-order valence-electron chi connectivity index (χ3n) is 4.20. The third kappa shape index (κ3) is 3.11. The molecule has 0 fully saturated rings. The number of hydrogen-bond acceptors (Lipinski definition) is 6. The predicted octanol–water partition coefficient (Wildman–Crippen LogP) is 3.76. The maximum absolute atomic E-state index is 13.2. The van der Waals surface area contributed by atoms with Crippen LogP contribution in [0.4, 0.5) is 0 Å². The molecule has 0 saturated carbocycles. The zero-order valence-electron chi connectivity index (χ0n) is 14.7. The molecule has 3 aromatic heterocycles. The van der Waals surface area contributed by atoms with E-state index in [1.165, 1.54) is 15.7 Å². The molecule has 0 aliphatic rings. The zero-order chi connectivity index (χ0) is 19.0. The maximum atomic E-state index is 13.2. The first-order valence-corrected chi connectivity index (χ1v) is 10.8. The van der Waals surface area contributed by atoms with Crippen LogP contribution in [-0.4, -0.2) is 33.6 Å². The van der Waals surface area contributed by atoms with Crippen molar-refractivity contribution in [3.8, 4) is 11.3 Å². The van der Waals surface area contributed by atoms with Crippen LogP contribution in [-0.2, 0) is 10.0 Å². The van der Waals surface area contributed by atoms with Gasteiger partial charge in [0, 0.05) is 29.5 Å². The highest BCUT2D eigenvalue weighted by molar-refractivity contribution is 7.98. The lowest BCUT2D eigenvalue weighted by molar-refractivity contribution is 0.589. The Morgan fingerprint density at radius 3 is 2.52 bits per heavy atom. The Balaban J connectivity index is 1.96. The van der Waals surface area contributed by atoms with E-state index in [-0.39, 0.29) is 4.90 Å². The lowest BCUT2D eigenvalue weighted by Gasteiger charge is -2.07. The zero-order valence-corrected chi connectivity index (χ0v) is 16.3. The Labute approximate surface area is 161 Å². The number of thioether (sulfide) groups is 1. The fourth-order valence-electron chi connectivity index (χ4n) is 2.83. The van der Waals surface area contributed by atoms with Crippen LogP contribution in [0.1, 0.15) is 5.56 Å². The molecular formula is C19H16N4O2S2. The molecule has 8 heteroatoms. The molecule has 0 bridgehead atoms. The largest absolute Gasteiger partial charge is 0.269 e. The van der Waals surface area contributed by atoms with Gasteiger partial charge >= 0.3 is 0 Å². The van der Waals surface area contributed by atoms with Gasteiger partial charge in [-0.25, -0.2) is 27.3 Å². The molecule has 0 atom stereocenters. The van der Waals surface area contributed by atoms with Crippen molar-refractivity contribution in [2.24, 2.45) is 0 Å². The predicted molar refractivity (Wildman–Crippen MR) is 106 cm³/mol. The van der Waals surface area contributed by atoms with Crippen molar-refractivity contribution < 1.29 is 8.42 Å². The van der Waals surface area contributed by atoms with Gasteiger partial charge in [0.2, 0.25) is 0 Å². The fraction of sp³-hybridized carbons (Fsp3) is 0.105. The normalized spacial score (nSPS) is 11.8. The molecule has 0 saturated heterocycles. The first kappa shape index (κ1) is 17.7. The van der Waals surface area contributed by atoms with Crippen molar-refractivity contribution in [2.75, 3.05) is 6.26 Å². The summed E-state index contributed by atoms with van der Waals surface area (Å²) in [7, 11) is -3.78. The average molecular weight is 396 g/mol. The lowest BCUT2D eigenvalue weighted by atomic mass is 10.1. The van der Waals surface area contributed by atoms with Crippen molar-refractivity contribution in [2.45, 2.75) is 17.0 Å². The molecule has 4 aromatic rings. The third-order valence-corrected chi connectivity index (χ3v) is 6.43. The molecule has 1 aromatic carbocycles. The SMILES string of the molecule is CSc1nccc(-c2cn(S(=O)(=O)c3ccc(C)cc3)c3ncccc23)n1. The first-order valence-electron chi connectivity index (χ1n) is 8.16. The minimum Gasteiger partial charge on any atom is -0.237 e. The molecule has 4 rings (SSSR count). The van der Waals surface area contributed by atoms with E-state index >= 15 is 0 Å². The fourth-order valence-corrected chi connectivity index (χ4v) is 4.51. The summed E-state index contributed by atoms with van der Waals surface area (Å²) in [6.07, 6.45) is 6.73. The van der Waals surface area contributed by atoms with Crippen molar-refractivity contribution in [3.05, 3.63) is 66.6 Å². The standard InChI is InChI=1S/C19H16N4O2S2/c1-13-5-7-14(8-6-13)27(24,25)23-12-16(15-4-3-10-20-18(15)23)17-9-11-21-19(22-17)26-2/h3-12H,1-2H3. The Morgan fingerprint density at radius 2 is 1.78 bits per heavy atom. The molecule has 0 radical (unpaired) electrons. The number of hydrogen-bond donors (Lipinski definition) is 0. The number of aryl methyl sites for hydroxylation is 1. The van der Waals surface area contributed by atoms with Crippen molar-refractivity contribution in [1.82, 2.24) is 18.9 Å². The van der Waals surface area contributed by atoms with E-state index in [4.69, 9.17) is 0 Å². The molecule has 6 nitrogen and oxygen atoms in total. The average Bonchev–Trinajstić information content (AvgIpc) is 3.09. The van der Waals surface area contributed by atoms with E-state index < -0.39 is 10.0 Å². The Morgan fingerprint density at radius 1 is 1.00 bits per heavy atom. The Bertz CT molecular complexity index is 1230. The summed E-state index contributed by atoms with van der Waals surface area (Å²) in [5.74, 6) is 0. The van der Waals surface area contributed by atoms with Gasteiger partial charge in [-0.2, -0.15) is 0 Å². The molecule has 0 aliphatic carbocycles. The van der Waals surface area contributed by atoms with Crippen LogP contribution < -0.4 is 0 Å². The Hall–Kier alpha value is -2.71. The molecule has 0 N–H and O–H groups in total. The first-order chi connectivity index (χ1) is 13.0. The van der Waals surface area contributed by atoms with E-state index in [2.05, 4.69) is 15.0 Å². The molecule has 0 unspecified atom stereocenters. The van der Waals surface area contributed by atoms with E-state index in [1.54, 1.807) is 55.0 Å². The molecule has 0 spiro atoms. The van der Waals surface area contributed by atoms with Crippen LogP contribution in [0.3, 0.4) is 0 Å². The summed E-state index contributed by atoms with van der Waals surface area (Å²) in [6, 6.07) is 12.2. The minimum atomic E-state index is -3.78. The molecule has 0 aliphatic heterocycles. The second kappa shape index (κ2) is 6.79. The summed E-state index contributed by atoms with van der Waals surface area (Å²) in [4.78, 5) is 13.2. The number of fused-ring (bicyclic) bond motifs is 1. The molecule has 27 heavy (non-hydrogen) atoms. The van der Waals surface area contributed by atoms with Gasteiger partial charge in [-0.05, 0) is 43.5 Å². The van der Waals surface area contributed by atoms with Gasteiger partial charge in [0.1, 0.15) is 0 Å². The number of pyridine rings is 1. The summed E-state index contributed by atoms with van der Waals surface area (Å²) in [5.41, 5.74) is 2.73. The van der Waals surface area contributed by atoms with Gasteiger partial charge < -0.3 is 0 Å². The molecular weight excluding hydrogens is 380 g/mol. The van der Waals surface area contributed by atoms with Crippen LogP contribution in [0.2, 0.25) is 0 Å². The van der Waals surface area contributed by atoms with Crippen LogP contribution >= 0.6 is 11.8 Å². The second-order valence-corrected chi connectivity index (χ2v) is 8.55. The van der Waals surface area contributed by atoms with E-state index in [0.717, 1.165) is 10.9 Å². The molecule has 3 heterocycles. The quantitative estimate of drug-likeness (QED) is 0.386. The minimum absolute atomic E-state index is 0.217. The van der Waals surface area contributed by atoms with Gasteiger partial charge in [-0.15, -0.1) is 0 Å². The summed E-state index contributed by atoms with van der Waals surface area (Å²) < 4.78 is 27.7. The van der Waals surface area contributed by atoms with Gasteiger partial charge in [0.25, 0.3) is 10.0 Å². The smallest absolute Gasteiger partial charge is 0.237 e. The van der Waals surface area contributed by atoms with Crippen molar-refractivity contribution in [3.63, 3.8) is 0 Å². The van der Waals surface area contributed by atoms with Crippen LogP contribution in [0.25, 0.3) is 22.3 Å². The number of nitrogens with zero attached hydrogens (tertiary/aromatic N) is 4. The van der Waals surface area contributed by atoms with Crippen LogP contribution in [0.5, 0.6) is 0 Å². The van der Waals surface area contributed by atoms with E-state index in [0.29, 0.717) is 22.1 Å². The number of rotatable bonds is 4. The molecule has 0 amide bonds. The van der Waals surface area contributed by atoms with E-state index in [1.807, 2.05) is 19.2 Å². The monoisotopic (exact) mass is 396 g/mol. The Kier molecular flexibility index (Phi) is 4.45. The highest BCUT2D eigenvalue weighted by atomic mass is 32.2. The van der Waals surface area contributed by atoms with Crippen LogP contribution in [0, 0.1) is 6.92 Å². The number of aromatic nitrogens is 4. The van der Waals surface area contributed by atoms with Gasteiger partial charge in [0.15, 0.2) is 10.8 Å². The van der Waals surface area contributed by atoms with Gasteiger partial charge in [0.05, 0.1) is 10.6 Å². The van der Waals surface area contributed by atoms with Crippen LogP contribution in [0.15, 0.2) is 71.1 Å². The van der Waals surface area contributed by atoms with Crippen molar-refractivity contribution >= 4 is 32.8 Å². The highest BCUT2D eigenvalue weighted by Gasteiger charge is 2.23. The maximum Gasteiger partial charge on any atom is 0.269 e. The van der Waals surface area contributed by atoms with Crippen molar-refractivity contribution in [1.29, 1.82) is 0 Å². The highest BCUT2D eigenvalue weighted by Crippen LogP contribution is 2.31. The summed E-state index contributed by atoms with van der Waals surface area (Å²) >= 11 is 1.43. The number of benzene rings is 1. The summed E-state index contributed by atoms with van der Waals surface area (Å²) in [5, 5.41) is 1.35. The summed E-state index contributed by atoms with van der Waals surface area (Å²) in [6.45, 7) is 1.92. The lowest BCUT2D eigenvalue weighted by Crippen LogP contribution is -2.12. The topological polar surface area (TPSA) is 77.7 Å².